The number of amides is 1. The van der Waals surface area contributed by atoms with Gasteiger partial charge in [-0.05, 0) is 32.8 Å². The maximum Gasteiger partial charge on any atom is 0.410 e. The molecule has 0 saturated carbocycles. The zero-order valence-electron chi connectivity index (χ0n) is 13.4. The fourth-order valence-electron chi connectivity index (χ4n) is 3.00. The van der Waals surface area contributed by atoms with Crippen molar-refractivity contribution in [3.63, 3.8) is 0 Å². The van der Waals surface area contributed by atoms with Crippen LogP contribution in [0.25, 0.3) is 0 Å². The second kappa shape index (κ2) is 5.63. The largest absolute Gasteiger partial charge is 0.444 e. The first-order valence-corrected chi connectivity index (χ1v) is 7.80. The first-order valence-electron chi connectivity index (χ1n) is 7.80. The number of hydrogen-bond donors (Lipinski definition) is 1. The highest BCUT2D eigenvalue weighted by molar-refractivity contribution is 6.03. The first-order chi connectivity index (χ1) is 10.4. The van der Waals surface area contributed by atoms with Gasteiger partial charge in [-0.25, -0.2) is 4.79 Å². The lowest BCUT2D eigenvalue weighted by Crippen LogP contribution is -2.50. The number of carbonyl (C=O) groups excluding carboxylic acids is 1. The molecule has 5 nitrogen and oxygen atoms in total. The van der Waals surface area contributed by atoms with Gasteiger partial charge in [-0.2, -0.15) is 5.10 Å². The molecule has 5 heteroatoms. The molecule has 1 aromatic carbocycles. The number of hydrazone groups is 1. The van der Waals surface area contributed by atoms with Gasteiger partial charge in [0.15, 0.2) is 0 Å². The van der Waals surface area contributed by atoms with E-state index in [-0.39, 0.29) is 12.0 Å². The average Bonchev–Trinajstić information content (AvgIpc) is 2.89. The summed E-state index contributed by atoms with van der Waals surface area (Å²) >= 11 is 0. The van der Waals surface area contributed by atoms with Crippen LogP contribution in [-0.4, -0.2) is 41.4 Å². The van der Waals surface area contributed by atoms with Crippen molar-refractivity contribution in [3.8, 4) is 0 Å². The number of nitrogens with one attached hydrogen (secondary N) is 1. The van der Waals surface area contributed by atoms with E-state index >= 15 is 0 Å². The van der Waals surface area contributed by atoms with Crippen LogP contribution in [0.2, 0.25) is 0 Å². The van der Waals surface area contributed by atoms with Crippen LogP contribution in [0, 0.1) is 5.92 Å². The summed E-state index contributed by atoms with van der Waals surface area (Å²) in [5.41, 5.74) is 4.92. The van der Waals surface area contributed by atoms with E-state index < -0.39 is 5.60 Å². The molecule has 0 aromatic heterocycles. The minimum atomic E-state index is -0.460. The molecule has 2 heterocycles. The average molecular weight is 301 g/mol. The van der Waals surface area contributed by atoms with Gasteiger partial charge in [0.05, 0.1) is 11.8 Å². The first kappa shape index (κ1) is 14.9. The van der Waals surface area contributed by atoms with Crippen molar-refractivity contribution in [2.24, 2.45) is 11.0 Å². The molecular formula is C17H23N3O2. The predicted octanol–water partition coefficient (Wildman–Crippen LogP) is 2.62. The molecular weight excluding hydrogens is 278 g/mol. The fourth-order valence-corrected chi connectivity index (χ4v) is 3.00. The third-order valence-corrected chi connectivity index (χ3v) is 4.04. The Balaban J connectivity index is 1.72. The topological polar surface area (TPSA) is 53.9 Å². The molecule has 22 heavy (non-hydrogen) atoms. The molecule has 2 aliphatic rings. The summed E-state index contributed by atoms with van der Waals surface area (Å²) in [6, 6.07) is 10.5. The number of fused-ring (bicyclic) bond motifs is 1. The molecule has 1 aromatic rings. The van der Waals surface area contributed by atoms with Crippen molar-refractivity contribution in [1.82, 2.24) is 10.3 Å². The molecule has 1 saturated heterocycles. The Morgan fingerprint density at radius 3 is 2.73 bits per heavy atom. The Morgan fingerprint density at radius 2 is 2.05 bits per heavy atom. The standard InChI is InChI=1S/C17H23N3O2/c1-17(2,3)22-16(21)20-10-9-14-13(11-20)15(19-18-14)12-7-5-4-6-8-12/h4-8,13-14,18H,9-11H2,1-3H3. The van der Waals surface area contributed by atoms with Gasteiger partial charge in [0.1, 0.15) is 5.60 Å². The summed E-state index contributed by atoms with van der Waals surface area (Å²) < 4.78 is 5.49. The highest BCUT2D eigenvalue weighted by Gasteiger charge is 2.39. The summed E-state index contributed by atoms with van der Waals surface area (Å²) in [4.78, 5) is 14.1. The molecule has 2 atom stereocenters. The highest BCUT2D eigenvalue weighted by Crippen LogP contribution is 2.27. The number of rotatable bonds is 1. The Morgan fingerprint density at radius 1 is 1.32 bits per heavy atom. The molecule has 2 unspecified atom stereocenters. The van der Waals surface area contributed by atoms with E-state index in [0.29, 0.717) is 19.1 Å². The second-order valence-electron chi connectivity index (χ2n) is 6.92. The van der Waals surface area contributed by atoms with Crippen LogP contribution in [0.15, 0.2) is 35.4 Å². The van der Waals surface area contributed by atoms with Gasteiger partial charge in [0, 0.05) is 19.0 Å². The summed E-state index contributed by atoms with van der Waals surface area (Å²) in [7, 11) is 0. The number of hydrogen-bond acceptors (Lipinski definition) is 4. The summed E-state index contributed by atoms with van der Waals surface area (Å²) in [6.07, 6.45) is 0.661. The number of benzene rings is 1. The van der Waals surface area contributed by atoms with Crippen LogP contribution in [0.1, 0.15) is 32.8 Å². The van der Waals surface area contributed by atoms with Crippen molar-refractivity contribution >= 4 is 11.8 Å². The van der Waals surface area contributed by atoms with Gasteiger partial charge >= 0.3 is 6.09 Å². The van der Waals surface area contributed by atoms with Gasteiger partial charge in [0.2, 0.25) is 0 Å². The Bertz CT molecular complexity index is 577. The molecule has 0 radical (unpaired) electrons. The van der Waals surface area contributed by atoms with Crippen LogP contribution < -0.4 is 5.43 Å². The van der Waals surface area contributed by atoms with E-state index in [4.69, 9.17) is 4.74 Å². The molecule has 0 aliphatic carbocycles. The van der Waals surface area contributed by atoms with Crippen LogP contribution in [0.5, 0.6) is 0 Å². The summed E-state index contributed by atoms with van der Waals surface area (Å²) in [5.74, 6) is 0.226. The van der Waals surface area contributed by atoms with E-state index in [1.165, 1.54) is 0 Å². The normalized spacial score (nSPS) is 24.3. The summed E-state index contributed by atoms with van der Waals surface area (Å²) in [6.45, 7) is 7.05. The van der Waals surface area contributed by atoms with Crippen LogP contribution >= 0.6 is 0 Å². The lowest BCUT2D eigenvalue weighted by atomic mass is 9.87. The van der Waals surface area contributed by atoms with E-state index in [0.717, 1.165) is 17.7 Å². The molecule has 1 N–H and O–H groups in total. The molecule has 0 bridgehead atoms. The third kappa shape index (κ3) is 3.08. The van der Waals surface area contributed by atoms with Gasteiger partial charge in [-0.3, -0.25) is 0 Å². The molecule has 3 rings (SSSR count). The maximum atomic E-state index is 12.3. The van der Waals surface area contributed by atoms with E-state index in [9.17, 15) is 4.79 Å². The van der Waals surface area contributed by atoms with E-state index in [1.807, 2.05) is 39.0 Å². The summed E-state index contributed by atoms with van der Waals surface area (Å²) in [5, 5.41) is 4.51. The number of ether oxygens (including phenoxy) is 1. The number of piperidine rings is 1. The number of nitrogens with zero attached hydrogens (tertiary/aromatic N) is 2. The van der Waals surface area contributed by atoms with Crippen molar-refractivity contribution < 1.29 is 9.53 Å². The third-order valence-electron chi connectivity index (χ3n) is 4.04. The van der Waals surface area contributed by atoms with Crippen LogP contribution in [0.3, 0.4) is 0 Å². The van der Waals surface area contributed by atoms with Gasteiger partial charge < -0.3 is 15.1 Å². The Hall–Kier alpha value is -2.04. The Kier molecular flexibility index (Phi) is 3.81. The zero-order chi connectivity index (χ0) is 15.7. The van der Waals surface area contributed by atoms with Crippen molar-refractivity contribution in [1.29, 1.82) is 0 Å². The Labute approximate surface area is 131 Å². The van der Waals surface area contributed by atoms with Crippen molar-refractivity contribution in [2.75, 3.05) is 13.1 Å². The molecule has 2 aliphatic heterocycles. The predicted molar refractivity (Wildman–Crippen MR) is 85.8 cm³/mol. The maximum absolute atomic E-state index is 12.3. The van der Waals surface area contributed by atoms with Crippen LogP contribution in [-0.2, 0) is 4.74 Å². The van der Waals surface area contributed by atoms with Gasteiger partial charge in [0.25, 0.3) is 0 Å². The molecule has 118 valence electrons. The lowest BCUT2D eigenvalue weighted by Gasteiger charge is -2.36. The molecule has 1 fully saturated rings. The van der Waals surface area contributed by atoms with Crippen LogP contribution in [0.4, 0.5) is 4.79 Å². The van der Waals surface area contributed by atoms with E-state index in [1.54, 1.807) is 4.90 Å². The lowest BCUT2D eigenvalue weighted by molar-refractivity contribution is 0.0178. The van der Waals surface area contributed by atoms with Gasteiger partial charge in [-0.15, -0.1) is 0 Å². The highest BCUT2D eigenvalue weighted by atomic mass is 16.6. The second-order valence-corrected chi connectivity index (χ2v) is 6.92. The van der Waals surface area contributed by atoms with Crippen molar-refractivity contribution in [2.45, 2.75) is 38.8 Å². The monoisotopic (exact) mass is 301 g/mol. The minimum absolute atomic E-state index is 0.226. The minimum Gasteiger partial charge on any atom is -0.444 e. The van der Waals surface area contributed by atoms with Gasteiger partial charge in [-0.1, -0.05) is 30.3 Å². The zero-order valence-corrected chi connectivity index (χ0v) is 13.4. The van der Waals surface area contributed by atoms with E-state index in [2.05, 4.69) is 22.7 Å². The number of likely N-dealkylation sites (tertiary alicyclic amines) is 1. The SMILES string of the molecule is CC(C)(C)OC(=O)N1CCC2NN=C(c3ccccc3)C2C1. The molecule has 0 spiro atoms. The quantitative estimate of drug-likeness (QED) is 0.867. The molecule has 1 amide bonds. The fraction of sp³-hybridized carbons (Fsp3) is 0.529. The smallest absolute Gasteiger partial charge is 0.410 e. The number of carbonyl (C=O) groups is 1. The van der Waals surface area contributed by atoms with Crippen molar-refractivity contribution in [3.05, 3.63) is 35.9 Å².